The van der Waals surface area contributed by atoms with Crippen molar-refractivity contribution in [3.05, 3.63) is 23.9 Å². The van der Waals surface area contributed by atoms with E-state index in [1.165, 1.54) is 6.42 Å². The van der Waals surface area contributed by atoms with Crippen LogP contribution in [0.5, 0.6) is 5.75 Å². The molecule has 0 spiro atoms. The molecule has 2 aliphatic rings. The fourth-order valence-corrected chi connectivity index (χ4v) is 3.25. The molecule has 0 amide bonds. The molecule has 1 aromatic carbocycles. The molecule has 2 aliphatic heterocycles. The lowest BCUT2D eigenvalue weighted by atomic mass is 10.1. The molecule has 5 nitrogen and oxygen atoms in total. The summed E-state index contributed by atoms with van der Waals surface area (Å²) in [5.41, 5.74) is 2.23. The van der Waals surface area contributed by atoms with Crippen molar-refractivity contribution in [2.75, 3.05) is 19.8 Å². The number of aromatic nitrogens is 2. The summed E-state index contributed by atoms with van der Waals surface area (Å²) in [4.78, 5) is 0. The van der Waals surface area contributed by atoms with E-state index < -0.39 is 0 Å². The van der Waals surface area contributed by atoms with E-state index in [0.29, 0.717) is 6.61 Å². The minimum atomic E-state index is 0.0524. The molecule has 2 saturated heterocycles. The molecule has 5 heteroatoms. The maximum Gasteiger partial charge on any atom is 0.150 e. The fourth-order valence-electron chi connectivity index (χ4n) is 3.25. The summed E-state index contributed by atoms with van der Waals surface area (Å²) in [5, 5.41) is 5.68. The SMILES string of the molecule is Cc1cc2cnn(C3CCCCO3)c2cc1O[C@H]1CCOC1. The van der Waals surface area contributed by atoms with Gasteiger partial charge in [-0.05, 0) is 37.8 Å². The molecule has 0 aliphatic carbocycles. The van der Waals surface area contributed by atoms with Gasteiger partial charge in [0.25, 0.3) is 0 Å². The number of fused-ring (bicyclic) bond motifs is 1. The smallest absolute Gasteiger partial charge is 0.150 e. The Labute approximate surface area is 130 Å². The first-order valence-electron chi connectivity index (χ1n) is 8.15. The maximum absolute atomic E-state index is 6.12. The van der Waals surface area contributed by atoms with Gasteiger partial charge in [0.15, 0.2) is 6.23 Å². The zero-order chi connectivity index (χ0) is 14.9. The topological polar surface area (TPSA) is 45.5 Å². The van der Waals surface area contributed by atoms with Crippen LogP contribution in [0, 0.1) is 6.92 Å². The Morgan fingerprint density at radius 2 is 2.18 bits per heavy atom. The first kappa shape index (κ1) is 14.0. The number of rotatable bonds is 3. The molecule has 0 saturated carbocycles. The highest BCUT2D eigenvalue weighted by molar-refractivity contribution is 5.81. The Balaban J connectivity index is 1.67. The normalized spacial score (nSPS) is 25.7. The second-order valence-corrected chi connectivity index (χ2v) is 6.19. The van der Waals surface area contributed by atoms with E-state index >= 15 is 0 Å². The Kier molecular flexibility index (Phi) is 3.76. The summed E-state index contributed by atoms with van der Waals surface area (Å²) in [6, 6.07) is 4.25. The highest BCUT2D eigenvalue weighted by atomic mass is 16.5. The summed E-state index contributed by atoms with van der Waals surface area (Å²) >= 11 is 0. The zero-order valence-electron chi connectivity index (χ0n) is 13.0. The van der Waals surface area contributed by atoms with Gasteiger partial charge in [-0.25, -0.2) is 4.68 Å². The number of hydrogen-bond acceptors (Lipinski definition) is 4. The number of hydrogen-bond donors (Lipinski definition) is 0. The van der Waals surface area contributed by atoms with Crippen LogP contribution >= 0.6 is 0 Å². The van der Waals surface area contributed by atoms with E-state index in [1.807, 2.05) is 10.9 Å². The lowest BCUT2D eigenvalue weighted by molar-refractivity contribution is -0.0366. The van der Waals surface area contributed by atoms with E-state index in [0.717, 1.165) is 54.7 Å². The molecular weight excluding hydrogens is 280 g/mol. The number of aryl methyl sites for hydroxylation is 1. The quantitative estimate of drug-likeness (QED) is 0.873. The Bertz CT molecular complexity index is 655. The van der Waals surface area contributed by atoms with E-state index in [4.69, 9.17) is 14.2 Å². The first-order chi connectivity index (χ1) is 10.8. The molecule has 2 fully saturated rings. The molecule has 1 aromatic heterocycles. The van der Waals surface area contributed by atoms with Crippen LogP contribution in [0.3, 0.4) is 0 Å². The zero-order valence-corrected chi connectivity index (χ0v) is 13.0. The summed E-state index contributed by atoms with van der Waals surface area (Å²) in [7, 11) is 0. The van der Waals surface area contributed by atoms with Gasteiger partial charge in [0.1, 0.15) is 11.9 Å². The maximum atomic E-state index is 6.12. The summed E-state index contributed by atoms with van der Waals surface area (Å²) < 4.78 is 19.4. The Morgan fingerprint density at radius 3 is 2.95 bits per heavy atom. The molecule has 2 atom stereocenters. The minimum absolute atomic E-state index is 0.0524. The van der Waals surface area contributed by atoms with Crippen LogP contribution in [0.4, 0.5) is 0 Å². The van der Waals surface area contributed by atoms with E-state index in [-0.39, 0.29) is 12.3 Å². The van der Waals surface area contributed by atoms with E-state index in [2.05, 4.69) is 24.2 Å². The Hall–Kier alpha value is -1.59. The van der Waals surface area contributed by atoms with Gasteiger partial charge >= 0.3 is 0 Å². The highest BCUT2D eigenvalue weighted by Crippen LogP contribution is 2.31. The molecule has 2 aromatic rings. The molecule has 118 valence electrons. The van der Waals surface area contributed by atoms with Crippen LogP contribution in [-0.4, -0.2) is 35.7 Å². The van der Waals surface area contributed by atoms with Crippen molar-refractivity contribution < 1.29 is 14.2 Å². The minimum Gasteiger partial charge on any atom is -0.488 e. The van der Waals surface area contributed by atoms with Crippen molar-refractivity contribution >= 4 is 10.9 Å². The third-order valence-corrected chi connectivity index (χ3v) is 4.50. The molecule has 4 rings (SSSR count). The average Bonchev–Trinajstić information content (AvgIpc) is 3.18. The van der Waals surface area contributed by atoms with Gasteiger partial charge < -0.3 is 14.2 Å². The number of nitrogens with zero attached hydrogens (tertiary/aromatic N) is 2. The predicted octanol–water partition coefficient (Wildman–Crippen LogP) is 3.21. The third-order valence-electron chi connectivity index (χ3n) is 4.50. The monoisotopic (exact) mass is 302 g/mol. The lowest BCUT2D eigenvalue weighted by Gasteiger charge is -2.23. The molecule has 3 heterocycles. The second kappa shape index (κ2) is 5.89. The number of ether oxygens (including phenoxy) is 3. The van der Waals surface area contributed by atoms with Crippen LogP contribution in [0.15, 0.2) is 18.3 Å². The van der Waals surface area contributed by atoms with Crippen molar-refractivity contribution in [3.63, 3.8) is 0 Å². The average molecular weight is 302 g/mol. The number of benzene rings is 1. The van der Waals surface area contributed by atoms with E-state index in [1.54, 1.807) is 0 Å². The van der Waals surface area contributed by atoms with Gasteiger partial charge in [-0.15, -0.1) is 0 Å². The van der Waals surface area contributed by atoms with Gasteiger partial charge in [0.05, 0.1) is 24.9 Å². The van der Waals surface area contributed by atoms with Crippen LogP contribution in [0.2, 0.25) is 0 Å². The predicted molar refractivity (Wildman–Crippen MR) is 83.2 cm³/mol. The van der Waals surface area contributed by atoms with Gasteiger partial charge in [0.2, 0.25) is 0 Å². The van der Waals surface area contributed by atoms with Crippen LogP contribution in [0.1, 0.15) is 37.5 Å². The van der Waals surface area contributed by atoms with Gasteiger partial charge in [-0.2, -0.15) is 5.10 Å². The molecule has 0 radical (unpaired) electrons. The van der Waals surface area contributed by atoms with Crippen LogP contribution in [-0.2, 0) is 9.47 Å². The van der Waals surface area contributed by atoms with Crippen LogP contribution < -0.4 is 4.74 Å². The second-order valence-electron chi connectivity index (χ2n) is 6.19. The van der Waals surface area contributed by atoms with Gasteiger partial charge in [-0.3, -0.25) is 0 Å². The highest BCUT2D eigenvalue weighted by Gasteiger charge is 2.21. The molecule has 0 bridgehead atoms. The first-order valence-corrected chi connectivity index (χ1v) is 8.15. The lowest BCUT2D eigenvalue weighted by Crippen LogP contribution is -2.19. The fraction of sp³-hybridized carbons (Fsp3) is 0.588. The van der Waals surface area contributed by atoms with Crippen molar-refractivity contribution in [1.82, 2.24) is 9.78 Å². The van der Waals surface area contributed by atoms with Crippen LogP contribution in [0.25, 0.3) is 10.9 Å². The summed E-state index contributed by atoms with van der Waals surface area (Å²) in [6.07, 6.45) is 6.46. The van der Waals surface area contributed by atoms with Gasteiger partial charge in [-0.1, -0.05) is 0 Å². The Morgan fingerprint density at radius 1 is 1.23 bits per heavy atom. The molecular formula is C17H22N2O3. The molecule has 1 unspecified atom stereocenters. The molecule has 22 heavy (non-hydrogen) atoms. The largest absolute Gasteiger partial charge is 0.488 e. The van der Waals surface area contributed by atoms with Crippen molar-refractivity contribution in [2.45, 2.75) is 44.9 Å². The summed E-state index contributed by atoms with van der Waals surface area (Å²) in [6.45, 7) is 4.38. The standard InChI is InChI=1S/C17H22N2O3/c1-12-8-13-10-18-19(17-4-2-3-6-21-17)15(13)9-16(12)22-14-5-7-20-11-14/h8-10,14,17H,2-7,11H2,1H3/t14-,17?/m0/s1. The van der Waals surface area contributed by atoms with Gasteiger partial charge in [0, 0.05) is 24.5 Å². The van der Waals surface area contributed by atoms with Crippen molar-refractivity contribution in [2.24, 2.45) is 0 Å². The van der Waals surface area contributed by atoms with E-state index in [9.17, 15) is 0 Å². The molecule has 0 N–H and O–H groups in total. The summed E-state index contributed by atoms with van der Waals surface area (Å²) in [5.74, 6) is 0.931. The van der Waals surface area contributed by atoms with Crippen molar-refractivity contribution in [3.8, 4) is 5.75 Å². The third kappa shape index (κ3) is 2.59. The van der Waals surface area contributed by atoms with Crippen molar-refractivity contribution in [1.29, 1.82) is 0 Å².